The lowest BCUT2D eigenvalue weighted by Gasteiger charge is -2.37. The van der Waals surface area contributed by atoms with Crippen LogP contribution in [0.15, 0.2) is 48.5 Å². The predicted octanol–water partition coefficient (Wildman–Crippen LogP) is 3.25. The molecule has 6 rings (SSSR count). The van der Waals surface area contributed by atoms with Gasteiger partial charge < -0.3 is 10.2 Å². The van der Waals surface area contributed by atoms with Crippen molar-refractivity contribution in [3.8, 4) is 0 Å². The highest BCUT2D eigenvalue weighted by Gasteiger charge is 2.50. The molecule has 0 bridgehead atoms. The van der Waals surface area contributed by atoms with E-state index in [4.69, 9.17) is 4.98 Å². The molecule has 0 radical (unpaired) electrons. The average Bonchev–Trinajstić information content (AvgIpc) is 3.25. The summed E-state index contributed by atoms with van der Waals surface area (Å²) in [6, 6.07) is 17.1. The number of para-hydroxylation sites is 1. The lowest BCUT2D eigenvalue weighted by molar-refractivity contribution is -0.123. The summed E-state index contributed by atoms with van der Waals surface area (Å²) < 4.78 is 0. The third kappa shape index (κ3) is 2.89. The van der Waals surface area contributed by atoms with Crippen molar-refractivity contribution in [2.24, 2.45) is 0 Å². The first kappa shape index (κ1) is 18.4. The van der Waals surface area contributed by atoms with Crippen molar-refractivity contribution in [3.63, 3.8) is 0 Å². The number of carbonyl (C=O) groups excluding carboxylic acids is 2. The van der Waals surface area contributed by atoms with E-state index in [9.17, 15) is 9.59 Å². The van der Waals surface area contributed by atoms with Gasteiger partial charge in [-0.25, -0.2) is 4.79 Å². The van der Waals surface area contributed by atoms with Crippen molar-refractivity contribution in [2.45, 2.75) is 50.7 Å². The minimum absolute atomic E-state index is 0.232. The Hall–Kier alpha value is -3.41. The number of benzene rings is 2. The van der Waals surface area contributed by atoms with Gasteiger partial charge in [-0.1, -0.05) is 24.3 Å². The zero-order valence-electron chi connectivity index (χ0n) is 17.4. The maximum atomic E-state index is 12.4. The Balaban J connectivity index is 1.32. The van der Waals surface area contributed by atoms with E-state index in [2.05, 4.69) is 71.0 Å². The zero-order chi connectivity index (χ0) is 21.2. The van der Waals surface area contributed by atoms with Gasteiger partial charge in [0.25, 0.3) is 5.91 Å². The fourth-order valence-corrected chi connectivity index (χ4v) is 5.39. The van der Waals surface area contributed by atoms with Crippen molar-refractivity contribution >= 4 is 28.5 Å². The molecule has 3 aliphatic rings. The van der Waals surface area contributed by atoms with E-state index in [1.165, 1.54) is 11.3 Å². The molecular formula is C25H24N4O2. The van der Waals surface area contributed by atoms with Crippen molar-refractivity contribution in [3.05, 3.63) is 70.9 Å². The smallest absolute Gasteiger partial charge is 0.322 e. The number of urea groups is 1. The van der Waals surface area contributed by atoms with E-state index in [1.807, 2.05) is 0 Å². The van der Waals surface area contributed by atoms with Gasteiger partial charge in [0, 0.05) is 30.0 Å². The monoisotopic (exact) mass is 412 g/mol. The van der Waals surface area contributed by atoms with Crippen LogP contribution in [-0.2, 0) is 30.6 Å². The molecular weight excluding hydrogens is 388 g/mol. The number of rotatable bonds is 2. The number of aryl methyl sites for hydroxylation is 1. The Morgan fingerprint density at radius 2 is 1.87 bits per heavy atom. The number of nitrogens with one attached hydrogen (secondary N) is 2. The van der Waals surface area contributed by atoms with Gasteiger partial charge in [-0.2, -0.15) is 0 Å². The van der Waals surface area contributed by atoms with Crippen molar-refractivity contribution in [2.75, 3.05) is 4.90 Å². The minimum atomic E-state index is -0.841. The molecule has 1 saturated heterocycles. The summed E-state index contributed by atoms with van der Waals surface area (Å²) in [5.74, 6) is -0.232. The number of nitrogens with zero attached hydrogens (tertiary/aromatic N) is 2. The van der Waals surface area contributed by atoms with Crippen LogP contribution in [0.3, 0.4) is 0 Å². The van der Waals surface area contributed by atoms with Gasteiger partial charge in [-0.15, -0.1) is 0 Å². The van der Waals surface area contributed by atoms with Gasteiger partial charge in [0.2, 0.25) is 0 Å². The summed E-state index contributed by atoms with van der Waals surface area (Å²) >= 11 is 0. The largest absolute Gasteiger partial charge is 0.363 e. The third-order valence-electron chi connectivity index (χ3n) is 7.06. The summed E-state index contributed by atoms with van der Waals surface area (Å²) in [4.78, 5) is 31.5. The Morgan fingerprint density at radius 3 is 2.68 bits per heavy atom. The number of pyridine rings is 1. The molecule has 2 aliphatic heterocycles. The Bertz CT molecular complexity index is 1250. The fourth-order valence-electron chi connectivity index (χ4n) is 5.39. The molecule has 2 unspecified atom stereocenters. The second-order valence-corrected chi connectivity index (χ2v) is 9.10. The van der Waals surface area contributed by atoms with Crippen LogP contribution >= 0.6 is 0 Å². The highest BCUT2D eigenvalue weighted by atomic mass is 16.2. The number of amides is 3. The normalized spacial score (nSPS) is 24.3. The van der Waals surface area contributed by atoms with Gasteiger partial charge in [0.15, 0.2) is 0 Å². The Morgan fingerprint density at radius 1 is 1.06 bits per heavy atom. The van der Waals surface area contributed by atoms with Gasteiger partial charge in [-0.3, -0.25) is 15.1 Å². The van der Waals surface area contributed by atoms with Crippen LogP contribution in [0.5, 0.6) is 0 Å². The van der Waals surface area contributed by atoms with Crippen molar-refractivity contribution in [1.29, 1.82) is 0 Å². The van der Waals surface area contributed by atoms with Crippen LogP contribution < -0.4 is 15.5 Å². The molecule has 2 atom stereocenters. The fraction of sp³-hybridized carbons (Fsp3) is 0.320. The molecule has 6 nitrogen and oxygen atoms in total. The summed E-state index contributed by atoms with van der Waals surface area (Å²) in [7, 11) is 0. The van der Waals surface area contributed by atoms with E-state index in [1.54, 1.807) is 0 Å². The van der Waals surface area contributed by atoms with Crippen LogP contribution in [0.1, 0.15) is 35.7 Å². The Labute approximate surface area is 180 Å². The van der Waals surface area contributed by atoms with E-state index in [-0.39, 0.29) is 5.91 Å². The number of imide groups is 1. The number of hydrogen-bond acceptors (Lipinski definition) is 4. The molecule has 3 heterocycles. The predicted molar refractivity (Wildman–Crippen MR) is 119 cm³/mol. The minimum Gasteiger partial charge on any atom is -0.363 e. The van der Waals surface area contributed by atoms with Crippen LogP contribution in [0, 0.1) is 0 Å². The van der Waals surface area contributed by atoms with Gasteiger partial charge in [-0.05, 0) is 60.7 Å². The third-order valence-corrected chi connectivity index (χ3v) is 7.06. The Kier molecular flexibility index (Phi) is 3.88. The topological polar surface area (TPSA) is 74.3 Å². The first-order valence-electron chi connectivity index (χ1n) is 10.9. The number of aromatic nitrogens is 1. The molecule has 1 aliphatic carbocycles. The van der Waals surface area contributed by atoms with Gasteiger partial charge in [0.05, 0.1) is 17.8 Å². The SMILES string of the molecule is CC1CCc2ccccc2N1Cc1ccc2cc3c(cc2n1)CC1(C3)NC(=O)NC1=O. The molecule has 1 spiro atoms. The van der Waals surface area contributed by atoms with Crippen molar-refractivity contribution in [1.82, 2.24) is 15.6 Å². The number of carbonyl (C=O) groups is 2. The molecule has 31 heavy (non-hydrogen) atoms. The highest BCUT2D eigenvalue weighted by molar-refractivity contribution is 6.08. The van der Waals surface area contributed by atoms with Crippen molar-refractivity contribution < 1.29 is 9.59 Å². The number of hydrogen-bond donors (Lipinski definition) is 2. The lowest BCUT2D eigenvalue weighted by Crippen LogP contribution is -2.47. The highest BCUT2D eigenvalue weighted by Crippen LogP contribution is 2.35. The van der Waals surface area contributed by atoms with Crippen LogP contribution in [0.4, 0.5) is 10.5 Å². The quantitative estimate of drug-likeness (QED) is 0.634. The van der Waals surface area contributed by atoms with Crippen LogP contribution in [0.2, 0.25) is 0 Å². The average molecular weight is 412 g/mol. The van der Waals surface area contributed by atoms with Crippen LogP contribution in [-0.4, -0.2) is 28.5 Å². The van der Waals surface area contributed by atoms with Crippen LogP contribution in [0.25, 0.3) is 10.9 Å². The van der Waals surface area contributed by atoms with E-state index >= 15 is 0 Å². The second-order valence-electron chi connectivity index (χ2n) is 9.10. The molecule has 2 N–H and O–H groups in total. The molecule has 6 heteroatoms. The molecule has 0 saturated carbocycles. The second kappa shape index (κ2) is 6.54. The molecule has 156 valence electrons. The number of anilines is 1. The molecule has 2 aromatic carbocycles. The summed E-state index contributed by atoms with van der Waals surface area (Å²) in [6.07, 6.45) is 3.31. The lowest BCUT2D eigenvalue weighted by atomic mass is 9.96. The summed E-state index contributed by atoms with van der Waals surface area (Å²) in [5, 5.41) is 6.28. The van der Waals surface area contributed by atoms with E-state index in [0.29, 0.717) is 18.9 Å². The standard InChI is InChI=1S/C25H24N4O2/c1-15-6-7-16-4-2-3-5-22(16)29(15)14-20-9-8-17-10-18-12-25(23(30)27-24(31)28-25)13-19(18)11-21(17)26-20/h2-5,8-11,15H,6-7,12-14H2,1H3,(H2,27,28,30,31). The van der Waals surface area contributed by atoms with Gasteiger partial charge in [0.1, 0.15) is 5.54 Å². The summed E-state index contributed by atoms with van der Waals surface area (Å²) in [6.45, 7) is 3.05. The molecule has 1 fully saturated rings. The maximum Gasteiger partial charge on any atom is 0.322 e. The van der Waals surface area contributed by atoms with E-state index < -0.39 is 11.6 Å². The summed E-state index contributed by atoms with van der Waals surface area (Å²) in [5.41, 5.74) is 6.05. The van der Waals surface area contributed by atoms with E-state index in [0.717, 1.165) is 47.1 Å². The maximum absolute atomic E-state index is 12.4. The first-order valence-corrected chi connectivity index (χ1v) is 10.9. The molecule has 3 aromatic rings. The zero-order valence-corrected chi connectivity index (χ0v) is 17.4. The first-order chi connectivity index (χ1) is 15.0. The molecule has 1 aromatic heterocycles. The van der Waals surface area contributed by atoms with Gasteiger partial charge >= 0.3 is 6.03 Å². The molecule has 3 amide bonds. The number of fused-ring (bicyclic) bond motifs is 3.